The van der Waals surface area contributed by atoms with Crippen molar-refractivity contribution in [2.75, 3.05) is 0 Å². The van der Waals surface area contributed by atoms with E-state index in [-0.39, 0.29) is 0 Å². The van der Waals surface area contributed by atoms with Gasteiger partial charge >= 0.3 is 0 Å². The van der Waals surface area contributed by atoms with Crippen molar-refractivity contribution in [3.05, 3.63) is 126 Å². The van der Waals surface area contributed by atoms with E-state index >= 15 is 0 Å². The Kier molecular flexibility index (Phi) is 6.58. The first-order valence-corrected chi connectivity index (χ1v) is 10.2. The maximum absolute atomic E-state index is 12.6. The quantitative estimate of drug-likeness (QED) is 0.430. The number of benzene rings is 4. The van der Waals surface area contributed by atoms with E-state index in [4.69, 9.17) is 4.74 Å². The van der Waals surface area contributed by atoms with Gasteiger partial charge in [-0.15, -0.1) is 0 Å². The summed E-state index contributed by atoms with van der Waals surface area (Å²) in [5.74, 6) is -0.418. The number of para-hydroxylation sites is 1. The Morgan fingerprint density at radius 3 is 1.88 bits per heavy atom. The van der Waals surface area contributed by atoms with Crippen LogP contribution < -0.4 is 15.6 Å². The largest absolute Gasteiger partial charge is 0.488 e. The van der Waals surface area contributed by atoms with Crippen molar-refractivity contribution in [1.82, 2.24) is 10.9 Å². The van der Waals surface area contributed by atoms with Crippen LogP contribution in [0.3, 0.4) is 0 Å². The molecule has 0 saturated carbocycles. The molecule has 0 radical (unpaired) electrons. The molecule has 158 valence electrons. The molecule has 4 aromatic carbocycles. The average Bonchev–Trinajstić information content (AvgIpc) is 2.87. The van der Waals surface area contributed by atoms with E-state index < -0.39 is 11.8 Å². The van der Waals surface area contributed by atoms with Gasteiger partial charge in [-0.25, -0.2) is 0 Å². The monoisotopic (exact) mass is 422 g/mol. The maximum atomic E-state index is 12.6. The molecule has 0 heterocycles. The van der Waals surface area contributed by atoms with Gasteiger partial charge in [0.05, 0.1) is 5.56 Å². The molecule has 0 spiro atoms. The topological polar surface area (TPSA) is 67.4 Å². The lowest BCUT2D eigenvalue weighted by atomic mass is 10.0. The second kappa shape index (κ2) is 10.1. The SMILES string of the molecule is O=C(NNC(=O)c1ccccc1OCc1ccccc1)c1ccc(-c2ccccc2)cc1. The van der Waals surface area contributed by atoms with Gasteiger partial charge in [-0.3, -0.25) is 20.4 Å². The number of hydrogen-bond donors (Lipinski definition) is 2. The minimum absolute atomic E-state index is 0.336. The van der Waals surface area contributed by atoms with Crippen LogP contribution in [-0.4, -0.2) is 11.8 Å². The third kappa shape index (κ3) is 5.21. The molecule has 4 rings (SSSR count). The van der Waals surface area contributed by atoms with E-state index in [1.54, 1.807) is 36.4 Å². The van der Waals surface area contributed by atoms with Crippen molar-refractivity contribution in [3.63, 3.8) is 0 Å². The number of hydrazine groups is 1. The van der Waals surface area contributed by atoms with Gasteiger partial charge in [0.15, 0.2) is 0 Å². The van der Waals surface area contributed by atoms with Crippen molar-refractivity contribution < 1.29 is 14.3 Å². The Morgan fingerprint density at radius 1 is 0.594 bits per heavy atom. The van der Waals surface area contributed by atoms with Crippen LogP contribution in [0.5, 0.6) is 5.75 Å². The van der Waals surface area contributed by atoms with Gasteiger partial charge in [0.25, 0.3) is 11.8 Å². The summed E-state index contributed by atoms with van der Waals surface area (Å²) < 4.78 is 5.82. The van der Waals surface area contributed by atoms with Crippen LogP contribution in [0.25, 0.3) is 11.1 Å². The van der Waals surface area contributed by atoms with E-state index in [0.29, 0.717) is 23.5 Å². The van der Waals surface area contributed by atoms with Gasteiger partial charge in [0.1, 0.15) is 12.4 Å². The van der Waals surface area contributed by atoms with Crippen molar-refractivity contribution in [1.29, 1.82) is 0 Å². The summed E-state index contributed by atoms with van der Waals surface area (Å²) in [5.41, 5.74) is 8.78. The number of carbonyl (C=O) groups is 2. The number of amides is 2. The highest BCUT2D eigenvalue weighted by atomic mass is 16.5. The first-order chi connectivity index (χ1) is 15.7. The Balaban J connectivity index is 1.37. The summed E-state index contributed by atoms with van der Waals surface area (Å²) in [6, 6.07) is 33.7. The standard InChI is InChI=1S/C27H22N2O3/c30-26(23-17-15-22(16-18-23)21-11-5-2-6-12-21)28-29-27(31)24-13-7-8-14-25(24)32-19-20-9-3-1-4-10-20/h1-18H,19H2,(H,28,30)(H,29,31). The minimum atomic E-state index is -0.456. The van der Waals surface area contributed by atoms with Crippen LogP contribution >= 0.6 is 0 Å². The lowest BCUT2D eigenvalue weighted by Crippen LogP contribution is -2.41. The van der Waals surface area contributed by atoms with E-state index in [0.717, 1.165) is 16.7 Å². The molecule has 0 fully saturated rings. The molecule has 0 bridgehead atoms. The third-order valence-electron chi connectivity index (χ3n) is 4.91. The highest BCUT2D eigenvalue weighted by Gasteiger charge is 2.14. The molecule has 2 N–H and O–H groups in total. The number of hydrogen-bond acceptors (Lipinski definition) is 3. The molecule has 0 aliphatic heterocycles. The lowest BCUT2D eigenvalue weighted by Gasteiger charge is -2.12. The van der Waals surface area contributed by atoms with Crippen LogP contribution in [-0.2, 0) is 6.61 Å². The molecule has 5 heteroatoms. The smallest absolute Gasteiger partial charge is 0.273 e. The Labute approximate surface area is 186 Å². The van der Waals surface area contributed by atoms with E-state index in [1.165, 1.54) is 0 Å². The van der Waals surface area contributed by atoms with Gasteiger partial charge in [-0.1, -0.05) is 84.9 Å². The zero-order chi connectivity index (χ0) is 22.2. The second-order valence-corrected chi connectivity index (χ2v) is 7.12. The number of nitrogens with one attached hydrogen (secondary N) is 2. The summed E-state index contributed by atoms with van der Waals surface area (Å²) in [6.45, 7) is 0.339. The minimum Gasteiger partial charge on any atom is -0.488 e. The van der Waals surface area contributed by atoms with Crippen molar-refractivity contribution in [2.45, 2.75) is 6.61 Å². The molecule has 0 atom stereocenters. The molecule has 0 aliphatic carbocycles. The van der Waals surface area contributed by atoms with Crippen LogP contribution in [0.4, 0.5) is 0 Å². The van der Waals surface area contributed by atoms with E-state index in [9.17, 15) is 9.59 Å². The van der Waals surface area contributed by atoms with Crippen LogP contribution in [0.2, 0.25) is 0 Å². The number of rotatable bonds is 6. The molecule has 4 aromatic rings. The van der Waals surface area contributed by atoms with Crippen molar-refractivity contribution in [3.8, 4) is 16.9 Å². The zero-order valence-corrected chi connectivity index (χ0v) is 17.3. The summed E-state index contributed by atoms with van der Waals surface area (Å²) in [4.78, 5) is 25.1. The van der Waals surface area contributed by atoms with Crippen LogP contribution in [0.1, 0.15) is 26.3 Å². The maximum Gasteiger partial charge on any atom is 0.273 e. The Bertz CT molecular complexity index is 1190. The van der Waals surface area contributed by atoms with E-state index in [2.05, 4.69) is 10.9 Å². The van der Waals surface area contributed by atoms with Gasteiger partial charge in [0.2, 0.25) is 0 Å². The molecule has 2 amide bonds. The van der Waals surface area contributed by atoms with Gasteiger partial charge in [-0.2, -0.15) is 0 Å². The summed E-state index contributed by atoms with van der Waals surface area (Å²) >= 11 is 0. The van der Waals surface area contributed by atoms with Gasteiger partial charge in [0, 0.05) is 5.56 Å². The molecule has 0 unspecified atom stereocenters. The number of carbonyl (C=O) groups excluding carboxylic acids is 2. The predicted octanol–water partition coefficient (Wildman–Crippen LogP) is 5.01. The molecule has 0 aliphatic rings. The first kappa shape index (κ1) is 20.9. The molecule has 0 aromatic heterocycles. The summed E-state index contributed by atoms with van der Waals surface area (Å²) in [6.07, 6.45) is 0. The Hall–Kier alpha value is -4.38. The zero-order valence-electron chi connectivity index (χ0n) is 17.3. The fourth-order valence-electron chi connectivity index (χ4n) is 3.21. The average molecular weight is 422 g/mol. The molecule has 32 heavy (non-hydrogen) atoms. The normalized spacial score (nSPS) is 10.2. The Morgan fingerprint density at radius 2 is 1.16 bits per heavy atom. The molecular formula is C27H22N2O3. The van der Waals surface area contributed by atoms with E-state index in [1.807, 2.05) is 72.8 Å². The predicted molar refractivity (Wildman–Crippen MR) is 124 cm³/mol. The molecule has 5 nitrogen and oxygen atoms in total. The number of ether oxygens (including phenoxy) is 1. The highest BCUT2D eigenvalue weighted by molar-refractivity contribution is 6.00. The first-order valence-electron chi connectivity index (χ1n) is 10.2. The third-order valence-corrected chi connectivity index (χ3v) is 4.91. The second-order valence-electron chi connectivity index (χ2n) is 7.12. The van der Waals surface area contributed by atoms with Gasteiger partial charge < -0.3 is 4.74 Å². The summed E-state index contributed by atoms with van der Waals surface area (Å²) in [5, 5.41) is 0. The van der Waals surface area contributed by atoms with Crippen molar-refractivity contribution >= 4 is 11.8 Å². The molecular weight excluding hydrogens is 400 g/mol. The van der Waals surface area contributed by atoms with Gasteiger partial charge in [-0.05, 0) is 41.0 Å². The summed E-state index contributed by atoms with van der Waals surface area (Å²) in [7, 11) is 0. The lowest BCUT2D eigenvalue weighted by molar-refractivity contribution is 0.0844. The highest BCUT2D eigenvalue weighted by Crippen LogP contribution is 2.20. The molecule has 0 saturated heterocycles. The van der Waals surface area contributed by atoms with Crippen LogP contribution in [0, 0.1) is 0 Å². The van der Waals surface area contributed by atoms with Crippen LogP contribution in [0.15, 0.2) is 109 Å². The van der Waals surface area contributed by atoms with Crippen molar-refractivity contribution in [2.24, 2.45) is 0 Å². The fourth-order valence-corrected chi connectivity index (χ4v) is 3.21. The fraction of sp³-hybridized carbons (Fsp3) is 0.0370.